The molecule has 0 spiro atoms. The van der Waals surface area contributed by atoms with Gasteiger partial charge in [-0.3, -0.25) is 0 Å². The van der Waals surface area contributed by atoms with Gasteiger partial charge in [-0.1, -0.05) is 11.8 Å². The zero-order valence-electron chi connectivity index (χ0n) is 5.24. The van der Waals surface area contributed by atoms with E-state index in [4.69, 9.17) is 5.73 Å². The Morgan fingerprint density at radius 2 is 2.44 bits per heavy atom. The summed E-state index contributed by atoms with van der Waals surface area (Å²) < 4.78 is 0. The van der Waals surface area contributed by atoms with E-state index in [0.717, 1.165) is 0 Å². The first-order valence-electron chi connectivity index (χ1n) is 2.30. The number of amidine groups is 1. The van der Waals surface area contributed by atoms with Gasteiger partial charge in [-0.05, 0) is 13.0 Å². The van der Waals surface area contributed by atoms with Gasteiger partial charge in [0, 0.05) is 12.4 Å². The van der Waals surface area contributed by atoms with E-state index in [1.54, 1.807) is 0 Å². The Morgan fingerprint density at radius 1 is 1.78 bits per heavy atom. The molecule has 0 fully saturated rings. The summed E-state index contributed by atoms with van der Waals surface area (Å²) in [5, 5.41) is 0.622. The predicted octanol–water partition coefficient (Wildman–Crippen LogP) is 0.836. The second-order valence-electron chi connectivity index (χ2n) is 1.12. The molecule has 0 amide bonds. The third-order valence-electron chi connectivity index (χ3n) is 0.589. The van der Waals surface area contributed by atoms with Crippen molar-refractivity contribution in [2.24, 2.45) is 15.7 Å². The summed E-state index contributed by atoms with van der Waals surface area (Å²) in [6.45, 7) is 3.31. The third-order valence-corrected chi connectivity index (χ3v) is 1.19. The molecule has 0 atom stereocenters. The largest absolute Gasteiger partial charge is 0.403 e. The van der Waals surface area contributed by atoms with Crippen LogP contribution < -0.4 is 5.73 Å². The molecule has 0 aromatic rings. The minimum atomic E-state index is 0.622. The highest BCUT2D eigenvalue weighted by Crippen LogP contribution is 1.97. The highest BCUT2D eigenvalue weighted by atomic mass is 32.2. The molecule has 0 saturated heterocycles. The number of hydrogen-bond donors (Lipinski definition) is 1. The van der Waals surface area contributed by atoms with E-state index in [2.05, 4.69) is 16.7 Å². The first kappa shape index (κ1) is 8.23. The summed E-state index contributed by atoms with van der Waals surface area (Å²) in [5.41, 5.74) is 5.03. The average Bonchev–Trinajstić information content (AvgIpc) is 1.91. The first-order chi connectivity index (χ1) is 4.35. The van der Waals surface area contributed by atoms with Gasteiger partial charge in [0.05, 0.1) is 0 Å². The maximum Gasteiger partial charge on any atom is 0.186 e. The van der Waals surface area contributed by atoms with Crippen LogP contribution in [-0.2, 0) is 0 Å². The first-order valence-corrected chi connectivity index (χ1v) is 3.53. The molecule has 9 heavy (non-hydrogen) atoms. The van der Waals surface area contributed by atoms with Crippen LogP contribution in [0.4, 0.5) is 0 Å². The quantitative estimate of drug-likeness (QED) is 0.436. The number of nitrogens with two attached hydrogens (primary N) is 1. The Bertz CT molecular complexity index is 139. The van der Waals surface area contributed by atoms with E-state index < -0.39 is 0 Å². The summed E-state index contributed by atoms with van der Waals surface area (Å²) in [6.07, 6.45) is 4.69. The van der Waals surface area contributed by atoms with Crippen molar-refractivity contribution in [2.75, 3.05) is 6.26 Å². The minimum absolute atomic E-state index is 0.622. The van der Waals surface area contributed by atoms with Crippen LogP contribution in [0.5, 0.6) is 0 Å². The molecule has 0 aromatic heterocycles. The lowest BCUT2D eigenvalue weighted by Crippen LogP contribution is -1.82. The summed E-state index contributed by atoms with van der Waals surface area (Å²) in [7, 11) is 0. The van der Waals surface area contributed by atoms with Crippen molar-refractivity contribution < 1.29 is 0 Å². The smallest absolute Gasteiger partial charge is 0.186 e. The maximum absolute atomic E-state index is 5.03. The molecule has 0 aliphatic carbocycles. The molecule has 0 aliphatic rings. The summed E-state index contributed by atoms with van der Waals surface area (Å²) >= 11 is 1.42. The lowest BCUT2D eigenvalue weighted by molar-refractivity contribution is 1.47. The van der Waals surface area contributed by atoms with Crippen LogP contribution in [0.3, 0.4) is 0 Å². The van der Waals surface area contributed by atoms with Crippen LogP contribution in [0.1, 0.15) is 0 Å². The zero-order chi connectivity index (χ0) is 7.11. The number of hydrogen-bond acceptors (Lipinski definition) is 3. The fourth-order valence-corrected chi connectivity index (χ4v) is 0.560. The Kier molecular flexibility index (Phi) is 4.91. The number of aliphatic imine (C=N–C) groups is 2. The molecule has 50 valence electrons. The average molecular weight is 143 g/mol. The molecule has 2 N–H and O–H groups in total. The molecule has 0 rings (SSSR count). The van der Waals surface area contributed by atoms with Gasteiger partial charge < -0.3 is 5.73 Å². The Balaban J connectivity index is 3.90. The van der Waals surface area contributed by atoms with E-state index in [-0.39, 0.29) is 0 Å². The van der Waals surface area contributed by atoms with Gasteiger partial charge in [-0.25, -0.2) is 9.98 Å². The van der Waals surface area contributed by atoms with Gasteiger partial charge in [0.2, 0.25) is 0 Å². The number of nitrogens with zero attached hydrogens (tertiary/aromatic N) is 2. The van der Waals surface area contributed by atoms with Crippen molar-refractivity contribution in [3.63, 3.8) is 0 Å². The summed E-state index contributed by atoms with van der Waals surface area (Å²) in [5.74, 6) is 0. The van der Waals surface area contributed by atoms with Crippen molar-refractivity contribution in [1.82, 2.24) is 0 Å². The highest BCUT2D eigenvalue weighted by molar-refractivity contribution is 8.13. The Morgan fingerprint density at radius 3 is 2.78 bits per heavy atom. The van der Waals surface area contributed by atoms with E-state index >= 15 is 0 Å². The SMILES string of the molecule is C=NC(=N/C=C\N)SC. The molecule has 0 unspecified atom stereocenters. The molecule has 4 heteroatoms. The molecule has 0 aliphatic heterocycles. The van der Waals surface area contributed by atoms with Gasteiger partial charge >= 0.3 is 0 Å². The maximum atomic E-state index is 5.03. The molecule has 0 saturated carbocycles. The van der Waals surface area contributed by atoms with Gasteiger partial charge in [0.15, 0.2) is 5.17 Å². The van der Waals surface area contributed by atoms with Crippen LogP contribution in [-0.4, -0.2) is 18.1 Å². The van der Waals surface area contributed by atoms with E-state index in [9.17, 15) is 0 Å². The number of thioether (sulfide) groups is 1. The fourth-order valence-electron chi connectivity index (χ4n) is 0.265. The normalized spacial score (nSPS) is 12.3. The standard InChI is InChI=1S/C5H9N3S/c1-7-5(9-2)8-4-3-6/h3-4H,1,6H2,2H3/b4-3-,8-5?. The molecule has 0 heterocycles. The lowest BCUT2D eigenvalue weighted by Gasteiger charge is -1.87. The van der Waals surface area contributed by atoms with Crippen LogP contribution in [0, 0.1) is 0 Å². The van der Waals surface area contributed by atoms with E-state index in [1.807, 2.05) is 6.26 Å². The van der Waals surface area contributed by atoms with Crippen molar-refractivity contribution in [1.29, 1.82) is 0 Å². The molecule has 0 aromatic carbocycles. The van der Waals surface area contributed by atoms with Crippen LogP contribution in [0.25, 0.3) is 0 Å². The topological polar surface area (TPSA) is 50.7 Å². The Labute approximate surface area is 58.8 Å². The van der Waals surface area contributed by atoms with Crippen molar-refractivity contribution >= 4 is 23.6 Å². The zero-order valence-corrected chi connectivity index (χ0v) is 6.06. The third kappa shape index (κ3) is 3.78. The van der Waals surface area contributed by atoms with E-state index in [0.29, 0.717) is 5.17 Å². The van der Waals surface area contributed by atoms with Crippen molar-refractivity contribution in [3.8, 4) is 0 Å². The second kappa shape index (κ2) is 5.37. The lowest BCUT2D eigenvalue weighted by atomic mass is 10.9. The van der Waals surface area contributed by atoms with E-state index in [1.165, 1.54) is 24.2 Å². The predicted molar refractivity (Wildman–Crippen MR) is 43.8 cm³/mol. The summed E-state index contributed by atoms with van der Waals surface area (Å²) in [6, 6.07) is 0. The van der Waals surface area contributed by atoms with Crippen molar-refractivity contribution in [2.45, 2.75) is 0 Å². The van der Waals surface area contributed by atoms with Gasteiger partial charge in [0.25, 0.3) is 0 Å². The fraction of sp³-hybridized carbons (Fsp3) is 0.200. The van der Waals surface area contributed by atoms with Crippen LogP contribution in [0.15, 0.2) is 22.4 Å². The van der Waals surface area contributed by atoms with Gasteiger partial charge in [-0.2, -0.15) is 0 Å². The van der Waals surface area contributed by atoms with Crippen LogP contribution in [0.2, 0.25) is 0 Å². The Hall–Kier alpha value is -0.770. The molecular formula is C5H9N3S. The second-order valence-corrected chi connectivity index (χ2v) is 1.89. The monoisotopic (exact) mass is 143 g/mol. The molecule has 0 radical (unpaired) electrons. The minimum Gasteiger partial charge on any atom is -0.403 e. The summed E-state index contributed by atoms with van der Waals surface area (Å²) in [4.78, 5) is 7.42. The molecule has 3 nitrogen and oxygen atoms in total. The molecule has 0 bridgehead atoms. The number of rotatable bonds is 1. The highest BCUT2D eigenvalue weighted by Gasteiger charge is 1.84. The van der Waals surface area contributed by atoms with Gasteiger partial charge in [-0.15, -0.1) is 0 Å². The van der Waals surface area contributed by atoms with Crippen molar-refractivity contribution in [3.05, 3.63) is 12.4 Å². The molecular weight excluding hydrogens is 134 g/mol. The van der Waals surface area contributed by atoms with Crippen LogP contribution >= 0.6 is 11.8 Å². The van der Waals surface area contributed by atoms with Gasteiger partial charge in [0.1, 0.15) is 0 Å².